The molecule has 0 atom stereocenters. The molecule has 1 aromatic carbocycles. The van der Waals surface area contributed by atoms with Crippen molar-refractivity contribution in [2.75, 3.05) is 5.32 Å². The van der Waals surface area contributed by atoms with E-state index < -0.39 is 0 Å². The van der Waals surface area contributed by atoms with Crippen LogP contribution in [0, 0.1) is 0 Å². The number of carbonyl (C=O) groups is 1. The van der Waals surface area contributed by atoms with Crippen molar-refractivity contribution in [3.8, 4) is 0 Å². The lowest BCUT2D eigenvalue weighted by Crippen LogP contribution is -2.27. The van der Waals surface area contributed by atoms with Crippen LogP contribution in [0.1, 0.15) is 5.56 Å². The van der Waals surface area contributed by atoms with Crippen LogP contribution in [0.15, 0.2) is 42.7 Å². The summed E-state index contributed by atoms with van der Waals surface area (Å²) in [5.41, 5.74) is 1.69. The van der Waals surface area contributed by atoms with E-state index in [0.717, 1.165) is 5.56 Å². The second-order valence-electron chi connectivity index (χ2n) is 3.54. The quantitative estimate of drug-likeness (QED) is 0.770. The topological polar surface area (TPSA) is 56.9 Å². The zero-order valence-corrected chi connectivity index (χ0v) is 9.79. The van der Waals surface area contributed by atoms with Crippen molar-refractivity contribution in [1.82, 2.24) is 10.3 Å². The molecule has 0 aliphatic rings. The smallest absolute Gasteiger partial charge is 0.319 e. The fraction of sp³-hybridized carbons (Fsp3) is 0.0833. The highest BCUT2D eigenvalue weighted by Crippen LogP contribution is 2.14. The van der Waals surface area contributed by atoms with Crippen LogP contribution in [0.5, 0.6) is 0 Å². The van der Waals surface area contributed by atoms with E-state index in [-0.39, 0.29) is 6.03 Å². The van der Waals surface area contributed by atoms with Gasteiger partial charge in [-0.05, 0) is 29.8 Å². The minimum Gasteiger partial charge on any atom is -0.367 e. The number of benzene rings is 1. The molecule has 2 amide bonds. The third-order valence-electron chi connectivity index (χ3n) is 2.20. The van der Waals surface area contributed by atoms with E-state index in [2.05, 4.69) is 15.6 Å². The number of aromatic amines is 1. The van der Waals surface area contributed by atoms with E-state index in [1.165, 1.54) is 0 Å². The Kier molecular flexibility index (Phi) is 3.67. The number of aromatic nitrogens is 1. The van der Waals surface area contributed by atoms with Gasteiger partial charge in [-0.3, -0.25) is 0 Å². The molecule has 2 aromatic rings. The highest BCUT2D eigenvalue weighted by molar-refractivity contribution is 6.30. The van der Waals surface area contributed by atoms with Crippen molar-refractivity contribution in [1.29, 1.82) is 0 Å². The Morgan fingerprint density at radius 1 is 1.35 bits per heavy atom. The molecule has 0 aliphatic carbocycles. The lowest BCUT2D eigenvalue weighted by Gasteiger charge is -2.06. The maximum atomic E-state index is 11.5. The molecule has 0 saturated heterocycles. The molecule has 4 nitrogen and oxygen atoms in total. The molecule has 17 heavy (non-hydrogen) atoms. The van der Waals surface area contributed by atoms with Crippen LogP contribution in [0.25, 0.3) is 0 Å². The van der Waals surface area contributed by atoms with Crippen LogP contribution in [-0.2, 0) is 6.54 Å². The van der Waals surface area contributed by atoms with E-state index in [1.807, 2.05) is 18.5 Å². The summed E-state index contributed by atoms with van der Waals surface area (Å²) in [4.78, 5) is 14.5. The van der Waals surface area contributed by atoms with Gasteiger partial charge in [0, 0.05) is 29.6 Å². The van der Waals surface area contributed by atoms with E-state index in [0.29, 0.717) is 17.3 Å². The highest BCUT2D eigenvalue weighted by Gasteiger charge is 2.01. The van der Waals surface area contributed by atoms with Gasteiger partial charge in [-0.1, -0.05) is 17.7 Å². The third-order valence-corrected chi connectivity index (χ3v) is 2.43. The number of H-pyrrole nitrogens is 1. The summed E-state index contributed by atoms with van der Waals surface area (Å²) in [7, 11) is 0. The fourth-order valence-corrected chi connectivity index (χ4v) is 1.58. The van der Waals surface area contributed by atoms with E-state index in [9.17, 15) is 4.79 Å². The van der Waals surface area contributed by atoms with Gasteiger partial charge in [0.1, 0.15) is 0 Å². The van der Waals surface area contributed by atoms with Crippen molar-refractivity contribution in [2.24, 2.45) is 0 Å². The average molecular weight is 250 g/mol. The molecule has 0 bridgehead atoms. The summed E-state index contributed by atoms with van der Waals surface area (Å²) >= 11 is 5.81. The summed E-state index contributed by atoms with van der Waals surface area (Å²) in [5.74, 6) is 0. The summed E-state index contributed by atoms with van der Waals surface area (Å²) in [6.07, 6.45) is 3.64. The molecule has 0 unspecified atom stereocenters. The maximum Gasteiger partial charge on any atom is 0.319 e. The van der Waals surface area contributed by atoms with Crippen LogP contribution in [0.4, 0.5) is 10.5 Å². The minimum atomic E-state index is -0.256. The lowest BCUT2D eigenvalue weighted by atomic mass is 10.3. The Morgan fingerprint density at radius 2 is 2.24 bits per heavy atom. The lowest BCUT2D eigenvalue weighted by molar-refractivity contribution is 0.252. The number of hydrogen-bond donors (Lipinski definition) is 3. The van der Waals surface area contributed by atoms with E-state index in [1.54, 1.807) is 24.3 Å². The SMILES string of the molecule is O=C(NCc1cc[nH]c1)Nc1cccc(Cl)c1. The van der Waals surface area contributed by atoms with E-state index >= 15 is 0 Å². The van der Waals surface area contributed by atoms with Crippen LogP contribution in [-0.4, -0.2) is 11.0 Å². The summed E-state index contributed by atoms with van der Waals surface area (Å²) in [5, 5.41) is 6.03. The molecule has 0 radical (unpaired) electrons. The highest BCUT2D eigenvalue weighted by atomic mass is 35.5. The van der Waals surface area contributed by atoms with Crippen LogP contribution >= 0.6 is 11.6 Å². The number of halogens is 1. The molecular formula is C12H12ClN3O. The van der Waals surface area contributed by atoms with Gasteiger partial charge >= 0.3 is 6.03 Å². The third kappa shape index (κ3) is 3.53. The second-order valence-corrected chi connectivity index (χ2v) is 3.97. The van der Waals surface area contributed by atoms with Gasteiger partial charge < -0.3 is 15.6 Å². The van der Waals surface area contributed by atoms with Gasteiger partial charge in [-0.25, -0.2) is 4.79 Å². The standard InChI is InChI=1S/C12H12ClN3O/c13-10-2-1-3-11(6-10)16-12(17)15-8-9-4-5-14-7-9/h1-7,14H,8H2,(H2,15,16,17). The predicted molar refractivity (Wildman–Crippen MR) is 68.1 cm³/mol. The number of urea groups is 1. The zero-order valence-electron chi connectivity index (χ0n) is 9.03. The second kappa shape index (κ2) is 5.41. The predicted octanol–water partition coefficient (Wildman–Crippen LogP) is 2.99. The summed E-state index contributed by atoms with van der Waals surface area (Å²) in [6, 6.07) is 8.65. The Morgan fingerprint density at radius 3 is 2.94 bits per heavy atom. The Labute approximate surface area is 104 Å². The number of hydrogen-bond acceptors (Lipinski definition) is 1. The Hall–Kier alpha value is -1.94. The average Bonchev–Trinajstić information content (AvgIpc) is 2.79. The zero-order chi connectivity index (χ0) is 12.1. The van der Waals surface area contributed by atoms with Crippen LogP contribution < -0.4 is 10.6 Å². The molecule has 0 aliphatic heterocycles. The summed E-state index contributed by atoms with van der Waals surface area (Å²) in [6.45, 7) is 0.482. The van der Waals surface area contributed by atoms with E-state index in [4.69, 9.17) is 11.6 Å². The number of carbonyl (C=O) groups excluding carboxylic acids is 1. The Balaban J connectivity index is 1.85. The maximum absolute atomic E-state index is 11.5. The van der Waals surface area contributed by atoms with Gasteiger partial charge in [0.2, 0.25) is 0 Å². The van der Waals surface area contributed by atoms with Crippen molar-refractivity contribution >= 4 is 23.3 Å². The Bertz CT molecular complexity index is 496. The normalized spacial score (nSPS) is 9.94. The summed E-state index contributed by atoms with van der Waals surface area (Å²) < 4.78 is 0. The molecule has 88 valence electrons. The monoisotopic (exact) mass is 249 g/mol. The molecule has 1 aromatic heterocycles. The first kappa shape index (κ1) is 11.5. The number of anilines is 1. The first-order chi connectivity index (χ1) is 8.24. The number of amides is 2. The van der Waals surface area contributed by atoms with Crippen molar-refractivity contribution < 1.29 is 4.79 Å². The molecule has 0 spiro atoms. The number of nitrogens with one attached hydrogen (secondary N) is 3. The molecule has 0 fully saturated rings. The minimum absolute atomic E-state index is 0.256. The molecule has 5 heteroatoms. The van der Waals surface area contributed by atoms with Crippen LogP contribution in [0.3, 0.4) is 0 Å². The first-order valence-corrected chi connectivity index (χ1v) is 5.54. The molecule has 1 heterocycles. The van der Waals surface area contributed by atoms with Gasteiger partial charge in [0.05, 0.1) is 0 Å². The van der Waals surface area contributed by atoms with Crippen molar-refractivity contribution in [3.63, 3.8) is 0 Å². The van der Waals surface area contributed by atoms with Gasteiger partial charge in [0.15, 0.2) is 0 Å². The first-order valence-electron chi connectivity index (χ1n) is 5.16. The largest absolute Gasteiger partial charge is 0.367 e. The van der Waals surface area contributed by atoms with Crippen LogP contribution in [0.2, 0.25) is 5.02 Å². The van der Waals surface area contributed by atoms with Gasteiger partial charge in [-0.15, -0.1) is 0 Å². The van der Waals surface area contributed by atoms with Gasteiger partial charge in [0.25, 0.3) is 0 Å². The van der Waals surface area contributed by atoms with Gasteiger partial charge in [-0.2, -0.15) is 0 Å². The van der Waals surface area contributed by atoms with Crippen molar-refractivity contribution in [2.45, 2.75) is 6.54 Å². The molecule has 0 saturated carbocycles. The fourth-order valence-electron chi connectivity index (χ4n) is 1.39. The molecule has 2 rings (SSSR count). The number of rotatable bonds is 3. The molecule has 3 N–H and O–H groups in total. The molecular weight excluding hydrogens is 238 g/mol. The van der Waals surface area contributed by atoms with Crippen molar-refractivity contribution in [3.05, 3.63) is 53.3 Å².